The Morgan fingerprint density at radius 1 is 1.22 bits per heavy atom. The molecule has 2 rings (SSSR count). The molecule has 0 bridgehead atoms. The van der Waals surface area contributed by atoms with Crippen LogP contribution in [0.2, 0.25) is 0 Å². The summed E-state index contributed by atoms with van der Waals surface area (Å²) in [4.78, 5) is 6.43. The molecule has 0 amide bonds. The van der Waals surface area contributed by atoms with Crippen LogP contribution in [0.15, 0.2) is 30.5 Å². The van der Waals surface area contributed by atoms with Crippen LogP contribution >= 0.6 is 0 Å². The third-order valence-electron chi connectivity index (χ3n) is 2.84. The molecule has 2 aromatic rings. The van der Waals surface area contributed by atoms with Crippen molar-refractivity contribution >= 4 is 10.8 Å². The number of aromatic nitrogens is 1. The summed E-state index contributed by atoms with van der Waals surface area (Å²) in [7, 11) is 4.04. The van der Waals surface area contributed by atoms with Crippen molar-refractivity contribution in [3.63, 3.8) is 0 Å². The molecule has 0 radical (unpaired) electrons. The average molecular weight is 245 g/mol. The molecule has 0 saturated heterocycles. The van der Waals surface area contributed by atoms with Crippen molar-refractivity contribution in [1.29, 1.82) is 0 Å². The van der Waals surface area contributed by atoms with Gasteiger partial charge < -0.3 is 15.4 Å². The Morgan fingerprint density at radius 3 is 2.61 bits per heavy atom. The minimum Gasteiger partial charge on any atom is -0.476 e. The van der Waals surface area contributed by atoms with E-state index in [2.05, 4.69) is 16.0 Å². The Labute approximate surface area is 107 Å². The lowest BCUT2D eigenvalue weighted by Crippen LogP contribution is -2.19. The van der Waals surface area contributed by atoms with E-state index in [0.29, 0.717) is 19.0 Å². The van der Waals surface area contributed by atoms with E-state index in [1.54, 1.807) is 6.20 Å². The van der Waals surface area contributed by atoms with E-state index < -0.39 is 0 Å². The predicted octanol–water partition coefficient (Wildman–Crippen LogP) is 1.63. The van der Waals surface area contributed by atoms with Crippen LogP contribution in [0.1, 0.15) is 5.56 Å². The lowest BCUT2D eigenvalue weighted by atomic mass is 10.1. The van der Waals surface area contributed by atoms with Gasteiger partial charge in [-0.05, 0) is 31.1 Å². The van der Waals surface area contributed by atoms with Gasteiger partial charge in [-0.25, -0.2) is 4.98 Å². The third-order valence-corrected chi connectivity index (χ3v) is 2.84. The highest BCUT2D eigenvalue weighted by molar-refractivity contribution is 5.89. The maximum Gasteiger partial charge on any atom is 0.221 e. The summed E-state index contributed by atoms with van der Waals surface area (Å²) in [5, 5.41) is 2.15. The summed E-state index contributed by atoms with van der Waals surface area (Å²) in [6, 6.07) is 8.07. The minimum absolute atomic E-state index is 0.492. The molecule has 0 aliphatic rings. The molecule has 0 aliphatic heterocycles. The molecular weight excluding hydrogens is 226 g/mol. The Bertz CT molecular complexity index is 525. The molecule has 4 nitrogen and oxygen atoms in total. The normalized spacial score (nSPS) is 11.1. The number of fused-ring (bicyclic) bond motifs is 1. The number of hydrogen-bond donors (Lipinski definition) is 1. The number of ether oxygens (including phenoxy) is 1. The van der Waals surface area contributed by atoms with Gasteiger partial charge in [-0.2, -0.15) is 0 Å². The fourth-order valence-corrected chi connectivity index (χ4v) is 1.83. The van der Waals surface area contributed by atoms with E-state index >= 15 is 0 Å². The monoisotopic (exact) mass is 245 g/mol. The van der Waals surface area contributed by atoms with Crippen LogP contribution < -0.4 is 10.5 Å². The van der Waals surface area contributed by atoms with Gasteiger partial charge in [-0.15, -0.1) is 0 Å². The summed E-state index contributed by atoms with van der Waals surface area (Å²) in [5.74, 6) is 0.685. The van der Waals surface area contributed by atoms with E-state index in [1.807, 2.05) is 32.3 Å². The van der Waals surface area contributed by atoms with E-state index in [4.69, 9.17) is 10.5 Å². The summed E-state index contributed by atoms with van der Waals surface area (Å²) >= 11 is 0. The Kier molecular flexibility index (Phi) is 4.12. The smallest absolute Gasteiger partial charge is 0.221 e. The highest BCUT2D eigenvalue weighted by atomic mass is 16.5. The molecule has 0 spiro atoms. The molecule has 0 fully saturated rings. The highest BCUT2D eigenvalue weighted by Gasteiger charge is 2.07. The van der Waals surface area contributed by atoms with E-state index in [-0.39, 0.29) is 0 Å². The fraction of sp³-hybridized carbons (Fsp3) is 0.357. The molecule has 0 aliphatic carbocycles. The molecule has 96 valence electrons. The van der Waals surface area contributed by atoms with Crippen LogP contribution in [0.3, 0.4) is 0 Å². The lowest BCUT2D eigenvalue weighted by molar-refractivity contribution is 0.256. The molecule has 1 aromatic carbocycles. The minimum atomic E-state index is 0.492. The van der Waals surface area contributed by atoms with E-state index in [9.17, 15) is 0 Å². The number of rotatable bonds is 5. The Morgan fingerprint density at radius 2 is 1.94 bits per heavy atom. The third kappa shape index (κ3) is 2.78. The van der Waals surface area contributed by atoms with Crippen LogP contribution in [0, 0.1) is 0 Å². The van der Waals surface area contributed by atoms with Gasteiger partial charge in [0, 0.05) is 24.7 Å². The molecular formula is C14H19N3O. The number of benzene rings is 1. The number of hydrogen-bond acceptors (Lipinski definition) is 4. The van der Waals surface area contributed by atoms with Gasteiger partial charge in [0.1, 0.15) is 6.61 Å². The zero-order valence-corrected chi connectivity index (χ0v) is 10.9. The van der Waals surface area contributed by atoms with Crippen molar-refractivity contribution in [1.82, 2.24) is 9.88 Å². The van der Waals surface area contributed by atoms with Gasteiger partial charge in [-0.1, -0.05) is 18.2 Å². The topological polar surface area (TPSA) is 51.4 Å². The molecule has 1 heterocycles. The predicted molar refractivity (Wildman–Crippen MR) is 73.7 cm³/mol. The number of nitrogens with zero attached hydrogens (tertiary/aromatic N) is 2. The van der Waals surface area contributed by atoms with Crippen molar-refractivity contribution < 1.29 is 4.74 Å². The average Bonchev–Trinajstić information content (AvgIpc) is 2.38. The van der Waals surface area contributed by atoms with Crippen LogP contribution in [-0.4, -0.2) is 37.1 Å². The van der Waals surface area contributed by atoms with E-state index in [1.165, 1.54) is 0 Å². The van der Waals surface area contributed by atoms with Crippen molar-refractivity contribution in [3.8, 4) is 5.88 Å². The summed E-state index contributed by atoms with van der Waals surface area (Å²) in [6.07, 6.45) is 1.80. The first kappa shape index (κ1) is 12.8. The van der Waals surface area contributed by atoms with Gasteiger partial charge in [0.2, 0.25) is 5.88 Å². The van der Waals surface area contributed by atoms with Crippen LogP contribution in [0.5, 0.6) is 5.88 Å². The zero-order valence-electron chi connectivity index (χ0n) is 10.9. The summed E-state index contributed by atoms with van der Waals surface area (Å²) in [6.45, 7) is 1.99. The summed E-state index contributed by atoms with van der Waals surface area (Å²) < 4.78 is 5.74. The second kappa shape index (κ2) is 5.80. The first-order valence-electron chi connectivity index (χ1n) is 6.06. The van der Waals surface area contributed by atoms with Gasteiger partial charge >= 0.3 is 0 Å². The maximum absolute atomic E-state index is 5.74. The van der Waals surface area contributed by atoms with Gasteiger partial charge in [0.05, 0.1) is 0 Å². The van der Waals surface area contributed by atoms with Crippen LogP contribution in [0.4, 0.5) is 0 Å². The van der Waals surface area contributed by atoms with Crippen molar-refractivity contribution in [3.05, 3.63) is 36.0 Å². The SMILES string of the molecule is CN(C)CCOc1ncc(CN)c2ccccc12. The second-order valence-corrected chi connectivity index (χ2v) is 4.49. The molecule has 0 saturated carbocycles. The lowest BCUT2D eigenvalue weighted by Gasteiger charge is -2.13. The van der Waals surface area contributed by atoms with Gasteiger partial charge in [0.25, 0.3) is 0 Å². The number of nitrogens with two attached hydrogens (primary N) is 1. The van der Waals surface area contributed by atoms with Crippen molar-refractivity contribution in [2.24, 2.45) is 5.73 Å². The molecule has 2 N–H and O–H groups in total. The second-order valence-electron chi connectivity index (χ2n) is 4.49. The summed E-state index contributed by atoms with van der Waals surface area (Å²) in [5.41, 5.74) is 6.77. The van der Waals surface area contributed by atoms with Crippen molar-refractivity contribution in [2.45, 2.75) is 6.54 Å². The first-order valence-corrected chi connectivity index (χ1v) is 6.06. The zero-order chi connectivity index (χ0) is 13.0. The van der Waals surface area contributed by atoms with Crippen LogP contribution in [0.25, 0.3) is 10.8 Å². The standard InChI is InChI=1S/C14H19N3O/c1-17(2)7-8-18-14-13-6-4-3-5-12(13)11(9-15)10-16-14/h3-6,10H,7-9,15H2,1-2H3. The maximum atomic E-state index is 5.74. The molecule has 0 atom stereocenters. The molecule has 1 aromatic heterocycles. The number of pyridine rings is 1. The van der Waals surface area contributed by atoms with Crippen LogP contribution in [-0.2, 0) is 6.54 Å². The number of likely N-dealkylation sites (N-methyl/N-ethyl adjacent to an activating group) is 1. The first-order chi connectivity index (χ1) is 8.72. The molecule has 0 unspecified atom stereocenters. The fourth-order valence-electron chi connectivity index (χ4n) is 1.83. The quantitative estimate of drug-likeness (QED) is 0.870. The Hall–Kier alpha value is -1.65. The highest BCUT2D eigenvalue weighted by Crippen LogP contribution is 2.25. The molecule has 18 heavy (non-hydrogen) atoms. The van der Waals surface area contributed by atoms with Crippen molar-refractivity contribution in [2.75, 3.05) is 27.2 Å². The Balaban J connectivity index is 2.28. The van der Waals surface area contributed by atoms with Gasteiger partial charge in [-0.3, -0.25) is 0 Å². The van der Waals surface area contributed by atoms with Gasteiger partial charge in [0.15, 0.2) is 0 Å². The van der Waals surface area contributed by atoms with E-state index in [0.717, 1.165) is 22.9 Å². The largest absolute Gasteiger partial charge is 0.476 e. The molecule has 4 heteroatoms.